The zero-order valence-corrected chi connectivity index (χ0v) is 10.00. The molecule has 0 aliphatic heterocycles. The third-order valence-electron chi connectivity index (χ3n) is 1.57. The first-order chi connectivity index (χ1) is 7.08. The fourth-order valence-electron chi connectivity index (χ4n) is 0.921. The number of hydrogen-bond donors (Lipinski definition) is 0. The number of alkyl halides is 1. The Labute approximate surface area is 102 Å². The minimum absolute atomic E-state index is 0.0198. The summed E-state index contributed by atoms with van der Waals surface area (Å²) in [5, 5.41) is 0.274. The van der Waals surface area contributed by atoms with Gasteiger partial charge in [0.1, 0.15) is 16.6 Å². The molecule has 2 nitrogen and oxygen atoms in total. The first-order valence-corrected chi connectivity index (χ1v) is 5.19. The molecular formula is C9H7Cl3FNO. The van der Waals surface area contributed by atoms with Gasteiger partial charge in [0.05, 0.1) is 18.0 Å². The molecular weight excluding hydrogens is 263 g/mol. The van der Waals surface area contributed by atoms with Crippen molar-refractivity contribution in [1.82, 2.24) is 0 Å². The lowest BCUT2D eigenvalue weighted by Crippen LogP contribution is -1.90. The van der Waals surface area contributed by atoms with Crippen molar-refractivity contribution in [3.05, 3.63) is 23.0 Å². The number of aliphatic imine (C=N–C) groups is 1. The predicted octanol–water partition coefficient (Wildman–Crippen LogP) is 4.00. The monoisotopic (exact) mass is 269 g/mol. The van der Waals surface area contributed by atoms with Gasteiger partial charge in [-0.15, -0.1) is 11.6 Å². The van der Waals surface area contributed by atoms with Crippen LogP contribution in [0.25, 0.3) is 0 Å². The molecule has 15 heavy (non-hydrogen) atoms. The molecule has 82 valence electrons. The van der Waals surface area contributed by atoms with Crippen LogP contribution < -0.4 is 4.74 Å². The number of hydrogen-bond acceptors (Lipinski definition) is 2. The highest BCUT2D eigenvalue weighted by Crippen LogP contribution is 2.31. The second-order valence-corrected chi connectivity index (χ2v) is 3.67. The highest BCUT2D eigenvalue weighted by Gasteiger charge is 2.08. The quantitative estimate of drug-likeness (QED) is 0.601. The maximum absolute atomic E-state index is 13.3. The summed E-state index contributed by atoms with van der Waals surface area (Å²) in [6.45, 7) is 0. The molecule has 0 bridgehead atoms. The van der Waals surface area contributed by atoms with Crippen molar-refractivity contribution in [2.24, 2.45) is 4.99 Å². The molecule has 0 aliphatic carbocycles. The van der Waals surface area contributed by atoms with Crippen LogP contribution in [0.15, 0.2) is 17.1 Å². The molecule has 0 fully saturated rings. The van der Waals surface area contributed by atoms with Gasteiger partial charge in [-0.1, -0.05) is 23.2 Å². The number of rotatable bonds is 3. The number of methoxy groups -OCH3 is 1. The minimum atomic E-state index is -0.580. The van der Waals surface area contributed by atoms with E-state index in [1.54, 1.807) is 0 Å². The molecule has 0 heterocycles. The molecule has 1 aromatic carbocycles. The van der Waals surface area contributed by atoms with Gasteiger partial charge in [0, 0.05) is 6.07 Å². The Morgan fingerprint density at radius 2 is 2.20 bits per heavy atom. The average Bonchev–Trinajstić information content (AvgIpc) is 2.21. The summed E-state index contributed by atoms with van der Waals surface area (Å²) in [6, 6.07) is 2.46. The van der Waals surface area contributed by atoms with E-state index in [2.05, 4.69) is 4.99 Å². The van der Waals surface area contributed by atoms with E-state index in [0.29, 0.717) is 5.75 Å². The highest BCUT2D eigenvalue weighted by atomic mass is 35.5. The molecule has 1 rings (SSSR count). The Morgan fingerprint density at radius 3 is 2.73 bits per heavy atom. The summed E-state index contributed by atoms with van der Waals surface area (Å²) in [6.07, 6.45) is 0. The van der Waals surface area contributed by atoms with Crippen LogP contribution in [0.4, 0.5) is 10.1 Å². The van der Waals surface area contributed by atoms with Crippen LogP contribution in [0.3, 0.4) is 0 Å². The first kappa shape index (κ1) is 12.6. The molecule has 0 aliphatic rings. The Bertz CT molecular complexity index is 395. The van der Waals surface area contributed by atoms with Crippen molar-refractivity contribution < 1.29 is 9.13 Å². The summed E-state index contributed by atoms with van der Waals surface area (Å²) in [7, 11) is 1.43. The lowest BCUT2D eigenvalue weighted by molar-refractivity contribution is 0.414. The summed E-state index contributed by atoms with van der Waals surface area (Å²) >= 11 is 16.7. The molecule has 1 aromatic rings. The zero-order chi connectivity index (χ0) is 11.4. The maximum atomic E-state index is 13.3. The molecule has 0 saturated heterocycles. The fraction of sp³-hybridized carbons (Fsp3) is 0.222. The fourth-order valence-corrected chi connectivity index (χ4v) is 1.30. The van der Waals surface area contributed by atoms with Gasteiger partial charge < -0.3 is 4.74 Å². The SMILES string of the molecule is COc1cc(/N=C(/Cl)CCl)c(F)cc1Cl. The lowest BCUT2D eigenvalue weighted by Gasteiger charge is -2.05. The van der Waals surface area contributed by atoms with Gasteiger partial charge in [-0.2, -0.15) is 0 Å². The van der Waals surface area contributed by atoms with E-state index in [0.717, 1.165) is 6.07 Å². The molecule has 6 heteroatoms. The number of nitrogens with zero attached hydrogens (tertiary/aromatic N) is 1. The van der Waals surface area contributed by atoms with E-state index in [4.69, 9.17) is 39.5 Å². The van der Waals surface area contributed by atoms with E-state index in [1.165, 1.54) is 13.2 Å². The van der Waals surface area contributed by atoms with Gasteiger partial charge in [0.25, 0.3) is 0 Å². The molecule has 0 atom stereocenters. The molecule has 0 N–H and O–H groups in total. The summed E-state index contributed by atoms with van der Waals surface area (Å²) < 4.78 is 18.2. The summed E-state index contributed by atoms with van der Waals surface area (Å²) in [5.41, 5.74) is 0.0434. The van der Waals surface area contributed by atoms with E-state index < -0.39 is 5.82 Å². The summed E-state index contributed by atoms with van der Waals surface area (Å²) in [4.78, 5) is 3.76. The van der Waals surface area contributed by atoms with Gasteiger partial charge in [-0.25, -0.2) is 9.38 Å². The Balaban J connectivity index is 3.19. The molecule has 0 aromatic heterocycles. The first-order valence-electron chi connectivity index (χ1n) is 3.90. The number of benzene rings is 1. The largest absolute Gasteiger partial charge is 0.495 e. The van der Waals surface area contributed by atoms with Crippen LogP contribution in [-0.4, -0.2) is 18.2 Å². The van der Waals surface area contributed by atoms with Crippen LogP contribution in [-0.2, 0) is 0 Å². The maximum Gasteiger partial charge on any atom is 0.150 e. The second kappa shape index (κ2) is 5.54. The van der Waals surface area contributed by atoms with Gasteiger partial charge >= 0.3 is 0 Å². The topological polar surface area (TPSA) is 21.6 Å². The third-order valence-corrected chi connectivity index (χ3v) is 2.48. The molecule has 0 saturated carbocycles. The van der Waals surface area contributed by atoms with Crippen molar-refractivity contribution in [2.75, 3.05) is 13.0 Å². The van der Waals surface area contributed by atoms with Crippen molar-refractivity contribution in [1.29, 1.82) is 0 Å². The van der Waals surface area contributed by atoms with Crippen molar-refractivity contribution in [2.45, 2.75) is 0 Å². The van der Waals surface area contributed by atoms with Crippen LogP contribution in [0.5, 0.6) is 5.75 Å². The Hall–Kier alpha value is -0.510. The highest BCUT2D eigenvalue weighted by molar-refractivity contribution is 6.69. The number of ether oxygens (including phenoxy) is 1. The third kappa shape index (κ3) is 3.23. The van der Waals surface area contributed by atoms with Gasteiger partial charge in [-0.3, -0.25) is 0 Å². The molecule has 0 spiro atoms. The van der Waals surface area contributed by atoms with Crippen LogP contribution in [0.1, 0.15) is 0 Å². The van der Waals surface area contributed by atoms with Crippen LogP contribution in [0, 0.1) is 5.82 Å². The van der Waals surface area contributed by atoms with Crippen molar-refractivity contribution in [3.63, 3.8) is 0 Å². The van der Waals surface area contributed by atoms with Crippen molar-refractivity contribution >= 4 is 45.7 Å². The Morgan fingerprint density at radius 1 is 1.53 bits per heavy atom. The van der Waals surface area contributed by atoms with Crippen LogP contribution >= 0.6 is 34.8 Å². The standard InChI is InChI=1S/C9H7Cl3FNO/c1-15-8-3-7(14-9(12)4-10)6(13)2-5(8)11/h2-3H,4H2,1H3/b14-9+. The second-order valence-electron chi connectivity index (χ2n) is 2.56. The van der Waals surface area contributed by atoms with E-state index >= 15 is 0 Å². The van der Waals surface area contributed by atoms with Gasteiger partial charge in [0.2, 0.25) is 0 Å². The molecule has 0 radical (unpaired) electrons. The smallest absolute Gasteiger partial charge is 0.150 e. The van der Waals surface area contributed by atoms with E-state index in [1.807, 2.05) is 0 Å². The minimum Gasteiger partial charge on any atom is -0.495 e. The van der Waals surface area contributed by atoms with Crippen molar-refractivity contribution in [3.8, 4) is 5.75 Å². The predicted molar refractivity (Wildman–Crippen MR) is 61.6 cm³/mol. The zero-order valence-electron chi connectivity index (χ0n) is 7.73. The number of halogens is 4. The molecule has 0 amide bonds. The average molecular weight is 271 g/mol. The van der Waals surface area contributed by atoms with E-state index in [9.17, 15) is 4.39 Å². The normalized spacial score (nSPS) is 11.7. The van der Waals surface area contributed by atoms with Gasteiger partial charge in [-0.05, 0) is 6.07 Å². The summed E-state index contributed by atoms with van der Waals surface area (Å²) in [5.74, 6) is -0.230. The van der Waals surface area contributed by atoms with Gasteiger partial charge in [0.15, 0.2) is 5.82 Å². The van der Waals surface area contributed by atoms with Crippen LogP contribution in [0.2, 0.25) is 5.02 Å². The lowest BCUT2D eigenvalue weighted by atomic mass is 10.3. The van der Waals surface area contributed by atoms with E-state index in [-0.39, 0.29) is 21.8 Å². The molecule has 0 unspecified atom stereocenters. The Kier molecular flexibility index (Phi) is 4.64.